The average molecular weight is 524 g/mol. The number of fused-ring (bicyclic) bond motifs is 2. The molecule has 3 atom stereocenters. The average Bonchev–Trinajstić information content (AvgIpc) is 3.71. The first-order chi connectivity index (χ1) is 18.1. The fourth-order valence-corrected chi connectivity index (χ4v) is 6.52. The highest BCUT2D eigenvalue weighted by Crippen LogP contribution is 2.73. The molecule has 1 saturated heterocycles. The zero-order chi connectivity index (χ0) is 26.5. The van der Waals surface area contributed by atoms with Gasteiger partial charge in [0.1, 0.15) is 5.69 Å². The van der Waals surface area contributed by atoms with Crippen molar-refractivity contribution >= 4 is 5.84 Å². The maximum Gasteiger partial charge on any atom is 0.416 e. The number of amidine groups is 1. The second kappa shape index (κ2) is 7.51. The number of oxime groups is 1. The van der Waals surface area contributed by atoms with Crippen LogP contribution in [0.15, 0.2) is 54.1 Å². The maximum absolute atomic E-state index is 13.2. The molecule has 0 radical (unpaired) electrons. The Kier molecular flexibility index (Phi) is 4.66. The van der Waals surface area contributed by atoms with Gasteiger partial charge in [0, 0.05) is 42.3 Å². The smallest absolute Gasteiger partial charge is 0.416 e. The number of hydrogen-bond acceptors (Lipinski definition) is 6. The van der Waals surface area contributed by atoms with Crippen molar-refractivity contribution in [3.63, 3.8) is 0 Å². The molecule has 0 N–H and O–H groups in total. The lowest BCUT2D eigenvalue weighted by molar-refractivity contribution is -0.137. The molecule has 38 heavy (non-hydrogen) atoms. The molecular weight excluding hydrogens is 495 g/mol. The van der Waals surface area contributed by atoms with E-state index in [2.05, 4.69) is 21.1 Å². The predicted molar refractivity (Wildman–Crippen MR) is 133 cm³/mol. The summed E-state index contributed by atoms with van der Waals surface area (Å²) in [5.41, 5.74) is 1.69. The maximum atomic E-state index is 13.2. The number of piperidine rings is 1. The molecule has 2 aliphatic heterocycles. The molecule has 3 fully saturated rings. The van der Waals surface area contributed by atoms with Crippen LogP contribution in [0, 0.1) is 17.8 Å². The van der Waals surface area contributed by atoms with E-state index < -0.39 is 17.5 Å². The Labute approximate surface area is 218 Å². The number of methoxy groups -OCH3 is 1. The summed E-state index contributed by atoms with van der Waals surface area (Å²) >= 11 is 0. The number of pyridine rings is 1. The Hall–Kier alpha value is -3.56. The van der Waals surface area contributed by atoms with Gasteiger partial charge < -0.3 is 19.0 Å². The quantitative estimate of drug-likeness (QED) is 0.434. The Morgan fingerprint density at radius 2 is 1.87 bits per heavy atom. The van der Waals surface area contributed by atoms with Crippen LogP contribution in [0.1, 0.15) is 61.0 Å². The molecule has 4 heterocycles. The summed E-state index contributed by atoms with van der Waals surface area (Å²) in [4.78, 5) is 17.5. The van der Waals surface area contributed by atoms with E-state index >= 15 is 0 Å². The zero-order valence-corrected chi connectivity index (χ0v) is 21.4. The number of rotatable bonds is 4. The molecule has 2 spiro atoms. The number of benzene rings is 1. The Balaban J connectivity index is 1.21. The molecule has 10 heteroatoms. The molecule has 7 nitrogen and oxygen atoms in total. The highest BCUT2D eigenvalue weighted by molar-refractivity contribution is 5.94. The predicted octanol–water partition coefficient (Wildman–Crippen LogP) is 5.78. The lowest BCUT2D eigenvalue weighted by Crippen LogP contribution is -2.53. The summed E-state index contributed by atoms with van der Waals surface area (Å²) in [6.07, 6.45) is 3.46. The number of ether oxygens (including phenoxy) is 1. The van der Waals surface area contributed by atoms with Crippen LogP contribution in [0.5, 0.6) is 5.88 Å². The number of aromatic nitrogens is 3. The number of halogens is 3. The van der Waals surface area contributed by atoms with Gasteiger partial charge in [-0.3, -0.25) is 0 Å². The van der Waals surface area contributed by atoms with Crippen molar-refractivity contribution in [2.75, 3.05) is 13.7 Å². The first kappa shape index (κ1) is 23.5. The van der Waals surface area contributed by atoms with Gasteiger partial charge in [0.05, 0.1) is 24.7 Å². The van der Waals surface area contributed by atoms with Crippen molar-refractivity contribution in [1.82, 2.24) is 19.4 Å². The lowest BCUT2D eigenvalue weighted by Gasteiger charge is -2.44. The SMILES string of the molecule is COc1nc(C2CC23CC2(CC2)CN2C3=NOC2(C)c2ccc(C(F)(F)F)cc2)ccc1-n1cnc(C)c1. The molecular formula is C28H28F3N5O2. The molecule has 3 aromatic rings. The van der Waals surface area contributed by atoms with Gasteiger partial charge in [-0.05, 0) is 62.3 Å². The molecule has 2 aromatic heterocycles. The van der Waals surface area contributed by atoms with Crippen LogP contribution < -0.4 is 4.74 Å². The van der Waals surface area contributed by atoms with E-state index in [0.717, 1.165) is 67.3 Å². The molecule has 2 saturated carbocycles. The van der Waals surface area contributed by atoms with Crippen LogP contribution in [0.4, 0.5) is 13.2 Å². The number of nitrogens with zero attached hydrogens (tertiary/aromatic N) is 5. The molecule has 0 amide bonds. The van der Waals surface area contributed by atoms with E-state index in [-0.39, 0.29) is 16.7 Å². The molecule has 198 valence electrons. The number of imidazole rings is 1. The van der Waals surface area contributed by atoms with E-state index in [1.54, 1.807) is 13.4 Å². The topological polar surface area (TPSA) is 64.8 Å². The lowest BCUT2D eigenvalue weighted by atomic mass is 9.79. The minimum Gasteiger partial charge on any atom is -0.479 e. The largest absolute Gasteiger partial charge is 0.479 e. The molecule has 4 aliphatic rings. The minimum absolute atomic E-state index is 0.160. The normalized spacial score (nSPS) is 28.7. The van der Waals surface area contributed by atoms with Crippen molar-refractivity contribution in [3.8, 4) is 11.6 Å². The van der Waals surface area contributed by atoms with Gasteiger partial charge in [0.2, 0.25) is 11.6 Å². The Morgan fingerprint density at radius 3 is 2.50 bits per heavy atom. The number of alkyl halides is 3. The van der Waals surface area contributed by atoms with Gasteiger partial charge in [-0.1, -0.05) is 17.3 Å². The van der Waals surface area contributed by atoms with Crippen molar-refractivity contribution in [2.45, 2.75) is 57.3 Å². The second-order valence-corrected chi connectivity index (χ2v) is 11.4. The van der Waals surface area contributed by atoms with Gasteiger partial charge >= 0.3 is 6.18 Å². The van der Waals surface area contributed by atoms with Crippen molar-refractivity contribution in [1.29, 1.82) is 0 Å². The monoisotopic (exact) mass is 523 g/mol. The third-order valence-corrected chi connectivity index (χ3v) is 8.89. The highest BCUT2D eigenvalue weighted by atomic mass is 19.4. The molecule has 1 aromatic carbocycles. The zero-order valence-electron chi connectivity index (χ0n) is 21.4. The number of hydrogen-bond donors (Lipinski definition) is 0. The van der Waals surface area contributed by atoms with Crippen LogP contribution in [0.25, 0.3) is 5.69 Å². The highest BCUT2D eigenvalue weighted by Gasteiger charge is 2.71. The Bertz CT molecular complexity index is 1460. The van der Waals surface area contributed by atoms with E-state index in [4.69, 9.17) is 14.6 Å². The van der Waals surface area contributed by atoms with Crippen LogP contribution in [0.3, 0.4) is 0 Å². The van der Waals surface area contributed by atoms with Crippen LogP contribution in [0.2, 0.25) is 0 Å². The van der Waals surface area contributed by atoms with E-state index in [1.165, 1.54) is 12.1 Å². The van der Waals surface area contributed by atoms with Crippen LogP contribution in [-0.2, 0) is 16.7 Å². The van der Waals surface area contributed by atoms with Gasteiger partial charge in [-0.15, -0.1) is 0 Å². The van der Waals surface area contributed by atoms with Gasteiger partial charge in [-0.2, -0.15) is 13.2 Å². The molecule has 2 aliphatic carbocycles. The van der Waals surface area contributed by atoms with E-state index in [9.17, 15) is 13.2 Å². The van der Waals surface area contributed by atoms with Gasteiger partial charge in [0.25, 0.3) is 0 Å². The summed E-state index contributed by atoms with van der Waals surface area (Å²) in [7, 11) is 1.62. The van der Waals surface area contributed by atoms with E-state index in [0.29, 0.717) is 11.4 Å². The van der Waals surface area contributed by atoms with Crippen molar-refractivity contribution < 1.29 is 22.7 Å². The van der Waals surface area contributed by atoms with Crippen molar-refractivity contribution in [3.05, 3.63) is 71.4 Å². The summed E-state index contributed by atoms with van der Waals surface area (Å²) < 4.78 is 47.1. The summed E-state index contributed by atoms with van der Waals surface area (Å²) in [5.74, 6) is 1.58. The number of aryl methyl sites for hydroxylation is 1. The molecule has 7 rings (SSSR count). The van der Waals surface area contributed by atoms with Crippen LogP contribution >= 0.6 is 0 Å². The fraction of sp³-hybridized carbons (Fsp3) is 0.464. The Morgan fingerprint density at radius 1 is 1.11 bits per heavy atom. The summed E-state index contributed by atoms with van der Waals surface area (Å²) in [6, 6.07) is 9.32. The summed E-state index contributed by atoms with van der Waals surface area (Å²) in [6.45, 7) is 4.62. The van der Waals surface area contributed by atoms with Gasteiger partial charge in [0.15, 0.2) is 5.84 Å². The molecule has 0 bridgehead atoms. The third kappa shape index (κ3) is 3.38. The van der Waals surface area contributed by atoms with Crippen LogP contribution in [-0.4, -0.2) is 38.9 Å². The second-order valence-electron chi connectivity index (χ2n) is 11.4. The first-order valence-corrected chi connectivity index (χ1v) is 12.8. The van der Waals surface area contributed by atoms with Crippen molar-refractivity contribution in [2.24, 2.45) is 16.0 Å². The molecule has 3 unspecified atom stereocenters. The minimum atomic E-state index is -4.38. The summed E-state index contributed by atoms with van der Waals surface area (Å²) in [5, 5.41) is 4.60. The van der Waals surface area contributed by atoms with E-state index in [1.807, 2.05) is 30.7 Å². The third-order valence-electron chi connectivity index (χ3n) is 8.89. The standard InChI is InChI=1S/C28H28F3N5O2/c1-17-13-35(16-32-17)22-9-8-21(33-23(22)37-3)20-12-27(20)14-26(10-11-26)15-36-24(27)34-38-25(36,2)18-4-6-19(7-5-18)28(29,30)31/h4-9,13,16,20H,10-12,14-15H2,1-3H3. The first-order valence-electron chi connectivity index (χ1n) is 12.8. The fourth-order valence-electron chi connectivity index (χ4n) is 6.52. The van der Waals surface area contributed by atoms with Gasteiger partial charge in [-0.25, -0.2) is 9.97 Å².